The predicted octanol–water partition coefficient (Wildman–Crippen LogP) is 4.77. The number of nitrogens with one attached hydrogen (secondary N) is 2. The van der Waals surface area contributed by atoms with Gasteiger partial charge in [0.05, 0.1) is 17.8 Å². The molecule has 0 bridgehead atoms. The zero-order chi connectivity index (χ0) is 22.7. The van der Waals surface area contributed by atoms with Crippen LogP contribution in [0.25, 0.3) is 0 Å². The lowest BCUT2D eigenvalue weighted by Gasteiger charge is -2.29. The molecule has 0 radical (unpaired) electrons. The summed E-state index contributed by atoms with van der Waals surface area (Å²) in [6.07, 6.45) is 4.24. The maximum atomic E-state index is 12.7. The summed E-state index contributed by atoms with van der Waals surface area (Å²) in [5, 5.41) is 7.13. The molecule has 1 aromatic carbocycles. The number of amides is 1. The predicted molar refractivity (Wildman–Crippen MR) is 131 cm³/mol. The molecule has 1 aliphatic heterocycles. The molecular formula is C25H29N5OS. The highest BCUT2D eigenvalue weighted by molar-refractivity contribution is 7.80. The Labute approximate surface area is 194 Å². The number of rotatable bonds is 7. The summed E-state index contributed by atoms with van der Waals surface area (Å²) in [6, 6.07) is 18.1. The zero-order valence-corrected chi connectivity index (χ0v) is 19.5. The lowest BCUT2D eigenvalue weighted by molar-refractivity contribution is -0.116. The van der Waals surface area contributed by atoms with E-state index in [1.165, 1.54) is 0 Å². The number of benzene rings is 1. The van der Waals surface area contributed by atoms with Gasteiger partial charge in [-0.3, -0.25) is 9.78 Å². The average molecular weight is 448 g/mol. The van der Waals surface area contributed by atoms with E-state index < -0.39 is 0 Å². The van der Waals surface area contributed by atoms with Gasteiger partial charge in [-0.05, 0) is 68.9 Å². The van der Waals surface area contributed by atoms with E-state index in [0.29, 0.717) is 24.1 Å². The monoisotopic (exact) mass is 447 g/mol. The van der Waals surface area contributed by atoms with Crippen LogP contribution in [-0.2, 0) is 4.79 Å². The Morgan fingerprint density at radius 3 is 2.66 bits per heavy atom. The van der Waals surface area contributed by atoms with E-state index in [1.807, 2.05) is 49.4 Å². The van der Waals surface area contributed by atoms with Gasteiger partial charge in [-0.15, -0.1) is 0 Å². The average Bonchev–Trinajstić information content (AvgIpc) is 3.39. The second-order valence-electron chi connectivity index (χ2n) is 8.37. The summed E-state index contributed by atoms with van der Waals surface area (Å²) in [4.78, 5) is 19.4. The normalized spacial score (nSPS) is 18.1. The number of carbonyl (C=O) groups is 1. The number of thiocarbonyl (C=S) groups is 1. The molecule has 32 heavy (non-hydrogen) atoms. The SMILES string of the molecule is Cc1ccccc1NC(=O)CCN1C(=S)N[C@@H](c2ccccn2)[C@H]1c1cccn1C(C)C. The first kappa shape index (κ1) is 22.0. The Bertz CT molecular complexity index is 1090. The molecule has 1 fully saturated rings. The van der Waals surface area contributed by atoms with Crippen molar-refractivity contribution in [1.29, 1.82) is 0 Å². The highest BCUT2D eigenvalue weighted by atomic mass is 32.1. The highest BCUT2D eigenvalue weighted by Crippen LogP contribution is 2.39. The van der Waals surface area contributed by atoms with Crippen molar-refractivity contribution in [3.05, 3.63) is 83.9 Å². The van der Waals surface area contributed by atoms with Crippen molar-refractivity contribution in [3.63, 3.8) is 0 Å². The summed E-state index contributed by atoms with van der Waals surface area (Å²) in [5.41, 5.74) is 3.98. The van der Waals surface area contributed by atoms with Crippen LogP contribution in [0.4, 0.5) is 5.69 Å². The maximum Gasteiger partial charge on any atom is 0.226 e. The van der Waals surface area contributed by atoms with Crippen LogP contribution in [0.5, 0.6) is 0 Å². The van der Waals surface area contributed by atoms with E-state index in [9.17, 15) is 4.79 Å². The minimum absolute atomic E-state index is 0.0265. The fourth-order valence-corrected chi connectivity index (χ4v) is 4.58. The quantitative estimate of drug-likeness (QED) is 0.511. The lowest BCUT2D eigenvalue weighted by atomic mass is 10.0. The van der Waals surface area contributed by atoms with Crippen molar-refractivity contribution in [1.82, 2.24) is 19.8 Å². The number of aromatic nitrogens is 2. The molecule has 1 aliphatic rings. The second kappa shape index (κ2) is 9.53. The van der Waals surface area contributed by atoms with Crippen LogP contribution in [0, 0.1) is 6.92 Å². The van der Waals surface area contributed by atoms with Crippen LogP contribution in [0.2, 0.25) is 0 Å². The number of aryl methyl sites for hydroxylation is 1. The molecule has 2 atom stereocenters. The van der Waals surface area contributed by atoms with Crippen LogP contribution in [0.15, 0.2) is 67.0 Å². The fourth-order valence-electron chi connectivity index (χ4n) is 4.24. The van der Waals surface area contributed by atoms with Gasteiger partial charge in [0, 0.05) is 42.8 Å². The molecule has 7 heteroatoms. The molecule has 1 amide bonds. The Morgan fingerprint density at radius 2 is 1.94 bits per heavy atom. The second-order valence-corrected chi connectivity index (χ2v) is 8.75. The first-order valence-electron chi connectivity index (χ1n) is 11.0. The van der Waals surface area contributed by atoms with Gasteiger partial charge < -0.3 is 20.1 Å². The molecule has 0 aliphatic carbocycles. The number of para-hydroxylation sites is 1. The van der Waals surface area contributed by atoms with Crippen molar-refractivity contribution in [2.45, 2.75) is 45.3 Å². The van der Waals surface area contributed by atoms with Crippen LogP contribution in [-0.4, -0.2) is 32.0 Å². The summed E-state index contributed by atoms with van der Waals surface area (Å²) < 4.78 is 2.26. The molecule has 3 heterocycles. The maximum absolute atomic E-state index is 12.7. The molecule has 6 nitrogen and oxygen atoms in total. The third-order valence-electron chi connectivity index (χ3n) is 5.87. The van der Waals surface area contributed by atoms with Gasteiger partial charge in [0.15, 0.2) is 5.11 Å². The van der Waals surface area contributed by atoms with Gasteiger partial charge in [-0.2, -0.15) is 0 Å². The summed E-state index contributed by atoms with van der Waals surface area (Å²) >= 11 is 5.73. The fraction of sp³-hybridized carbons (Fsp3) is 0.320. The van der Waals surface area contributed by atoms with Crippen LogP contribution in [0.1, 0.15) is 55.3 Å². The van der Waals surface area contributed by atoms with E-state index in [2.05, 4.69) is 57.3 Å². The van der Waals surface area contributed by atoms with E-state index >= 15 is 0 Å². The molecule has 2 aromatic heterocycles. The number of nitrogens with zero attached hydrogens (tertiary/aromatic N) is 3. The van der Waals surface area contributed by atoms with Crippen LogP contribution < -0.4 is 10.6 Å². The third-order valence-corrected chi connectivity index (χ3v) is 6.22. The van der Waals surface area contributed by atoms with Gasteiger partial charge >= 0.3 is 0 Å². The Morgan fingerprint density at radius 1 is 1.16 bits per heavy atom. The smallest absolute Gasteiger partial charge is 0.226 e. The number of anilines is 1. The van der Waals surface area contributed by atoms with Crippen molar-refractivity contribution in [3.8, 4) is 0 Å². The van der Waals surface area contributed by atoms with Crippen LogP contribution >= 0.6 is 12.2 Å². The molecule has 0 unspecified atom stereocenters. The lowest BCUT2D eigenvalue weighted by Crippen LogP contribution is -2.33. The molecule has 2 N–H and O–H groups in total. The number of hydrogen-bond donors (Lipinski definition) is 2. The Kier molecular flexibility index (Phi) is 6.55. The summed E-state index contributed by atoms with van der Waals surface area (Å²) in [5.74, 6) is -0.0265. The van der Waals surface area contributed by atoms with E-state index in [0.717, 1.165) is 22.6 Å². The first-order chi connectivity index (χ1) is 15.5. The van der Waals surface area contributed by atoms with Crippen molar-refractivity contribution >= 4 is 28.9 Å². The molecule has 3 aromatic rings. The Balaban J connectivity index is 1.58. The molecule has 0 saturated carbocycles. The van der Waals surface area contributed by atoms with Gasteiger partial charge in [0.25, 0.3) is 0 Å². The molecule has 166 valence electrons. The zero-order valence-electron chi connectivity index (χ0n) is 18.7. The third kappa shape index (κ3) is 4.53. The molecule has 1 saturated heterocycles. The van der Waals surface area contributed by atoms with Gasteiger partial charge in [0.2, 0.25) is 5.91 Å². The highest BCUT2D eigenvalue weighted by Gasteiger charge is 2.41. The molecule has 4 rings (SSSR count). The van der Waals surface area contributed by atoms with Crippen LogP contribution in [0.3, 0.4) is 0 Å². The summed E-state index contributed by atoms with van der Waals surface area (Å²) in [7, 11) is 0. The molecular weight excluding hydrogens is 418 g/mol. The standard InChI is InChI=1S/C25H29N5OS/c1-17(2)29-15-8-12-21(29)24-23(20-11-6-7-14-26-20)28-25(32)30(24)16-13-22(31)27-19-10-5-4-9-18(19)3/h4-12,14-15,17,23-24H,13,16H2,1-3H3,(H,27,31)(H,28,32)/t23-,24+/m0/s1. The number of pyridine rings is 1. The van der Waals surface area contributed by atoms with Gasteiger partial charge in [0.1, 0.15) is 0 Å². The van der Waals surface area contributed by atoms with Gasteiger partial charge in [-0.1, -0.05) is 24.3 Å². The topological polar surface area (TPSA) is 62.2 Å². The number of hydrogen-bond acceptors (Lipinski definition) is 3. The Hall–Kier alpha value is -3.19. The summed E-state index contributed by atoms with van der Waals surface area (Å²) in [6.45, 7) is 6.84. The minimum atomic E-state index is -0.0875. The van der Waals surface area contributed by atoms with E-state index in [4.69, 9.17) is 12.2 Å². The van der Waals surface area contributed by atoms with Crippen molar-refractivity contribution in [2.75, 3.05) is 11.9 Å². The number of carbonyl (C=O) groups excluding carboxylic acids is 1. The van der Waals surface area contributed by atoms with Crippen molar-refractivity contribution < 1.29 is 4.79 Å². The minimum Gasteiger partial charge on any atom is -0.352 e. The molecule has 0 spiro atoms. The largest absolute Gasteiger partial charge is 0.352 e. The van der Waals surface area contributed by atoms with Crippen molar-refractivity contribution in [2.24, 2.45) is 0 Å². The van der Waals surface area contributed by atoms with Gasteiger partial charge in [-0.25, -0.2) is 0 Å². The van der Waals surface area contributed by atoms with E-state index in [-0.39, 0.29) is 18.0 Å². The van der Waals surface area contributed by atoms with E-state index in [1.54, 1.807) is 6.20 Å². The first-order valence-corrected chi connectivity index (χ1v) is 11.4.